The second kappa shape index (κ2) is 11.5. The number of hydrogen-bond acceptors (Lipinski definition) is 3. The molecule has 0 spiro atoms. The third kappa shape index (κ3) is 6.58. The van der Waals surface area contributed by atoms with Crippen LogP contribution in [0.2, 0.25) is 0 Å². The van der Waals surface area contributed by atoms with E-state index < -0.39 is 0 Å². The molecule has 0 saturated carbocycles. The fourth-order valence-electron chi connectivity index (χ4n) is 2.41. The largest absolute Gasteiger partial charge is 0.375 e. The highest BCUT2D eigenvalue weighted by molar-refractivity contribution is 5.95. The molecule has 0 atom stereocenters. The quantitative estimate of drug-likeness (QED) is 0.741. The van der Waals surface area contributed by atoms with E-state index in [0.29, 0.717) is 12.1 Å². The van der Waals surface area contributed by atoms with Crippen LogP contribution in [-0.4, -0.2) is 31.6 Å². The summed E-state index contributed by atoms with van der Waals surface area (Å²) in [5, 5.41) is 3.09. The molecular weight excluding hydrogens is 333 g/mol. The second-order valence-corrected chi connectivity index (χ2v) is 5.61. The van der Waals surface area contributed by atoms with Crippen molar-refractivity contribution in [3.63, 3.8) is 0 Å². The van der Waals surface area contributed by atoms with Crippen molar-refractivity contribution in [1.82, 2.24) is 5.32 Å². The van der Waals surface area contributed by atoms with Crippen LogP contribution in [-0.2, 0) is 0 Å². The Labute approximate surface area is 153 Å². The monoisotopic (exact) mass is 363 g/mol. The number of amides is 1. The SMILES string of the molecule is CCCN(C)c1ccc(C(=O)NC(CC)(CC)CN)cc1.Cl.Cl. The van der Waals surface area contributed by atoms with Gasteiger partial charge in [-0.3, -0.25) is 4.79 Å². The first-order chi connectivity index (χ1) is 10.0. The number of nitrogens with one attached hydrogen (secondary N) is 1. The van der Waals surface area contributed by atoms with Gasteiger partial charge in [0.1, 0.15) is 0 Å². The molecule has 0 saturated heterocycles. The zero-order valence-corrected chi connectivity index (χ0v) is 16.2. The van der Waals surface area contributed by atoms with Crippen molar-refractivity contribution >= 4 is 36.4 Å². The molecule has 1 amide bonds. The molecule has 0 heterocycles. The van der Waals surface area contributed by atoms with Crippen LogP contribution >= 0.6 is 24.8 Å². The number of carbonyl (C=O) groups is 1. The van der Waals surface area contributed by atoms with E-state index in [1.54, 1.807) is 0 Å². The molecule has 0 aliphatic carbocycles. The average molecular weight is 364 g/mol. The van der Waals surface area contributed by atoms with E-state index in [2.05, 4.69) is 38.0 Å². The first-order valence-corrected chi connectivity index (χ1v) is 7.85. The van der Waals surface area contributed by atoms with Crippen LogP contribution in [0.5, 0.6) is 0 Å². The van der Waals surface area contributed by atoms with Gasteiger partial charge >= 0.3 is 0 Å². The van der Waals surface area contributed by atoms with Crippen LogP contribution in [0.15, 0.2) is 24.3 Å². The maximum absolute atomic E-state index is 12.4. The van der Waals surface area contributed by atoms with Gasteiger partial charge in [-0.15, -0.1) is 24.8 Å². The maximum Gasteiger partial charge on any atom is 0.251 e. The van der Waals surface area contributed by atoms with Gasteiger partial charge in [0.15, 0.2) is 0 Å². The average Bonchev–Trinajstić information content (AvgIpc) is 2.53. The Kier molecular flexibility index (Phi) is 12.2. The number of rotatable bonds is 8. The first-order valence-electron chi connectivity index (χ1n) is 7.85. The molecule has 1 aromatic carbocycles. The molecule has 1 rings (SSSR count). The number of anilines is 1. The van der Waals surface area contributed by atoms with Crippen LogP contribution < -0.4 is 16.0 Å². The summed E-state index contributed by atoms with van der Waals surface area (Å²) >= 11 is 0. The van der Waals surface area contributed by atoms with Crippen molar-refractivity contribution in [3.8, 4) is 0 Å². The Hall–Kier alpha value is -0.970. The Morgan fingerprint density at radius 3 is 2.04 bits per heavy atom. The molecule has 1 aromatic rings. The summed E-state index contributed by atoms with van der Waals surface area (Å²) in [7, 11) is 2.06. The molecular formula is C17H31Cl2N3O. The van der Waals surface area contributed by atoms with Crippen molar-refractivity contribution in [2.75, 3.05) is 25.0 Å². The third-order valence-electron chi connectivity index (χ3n) is 4.25. The number of hydrogen-bond donors (Lipinski definition) is 2. The van der Waals surface area contributed by atoms with E-state index in [-0.39, 0.29) is 36.3 Å². The smallest absolute Gasteiger partial charge is 0.251 e. The summed E-state index contributed by atoms with van der Waals surface area (Å²) in [4.78, 5) is 14.5. The highest BCUT2D eigenvalue weighted by Gasteiger charge is 2.26. The molecule has 6 heteroatoms. The zero-order chi connectivity index (χ0) is 15.9. The van der Waals surface area contributed by atoms with Gasteiger partial charge in [0, 0.05) is 31.4 Å². The molecule has 0 fully saturated rings. The highest BCUT2D eigenvalue weighted by atomic mass is 35.5. The topological polar surface area (TPSA) is 58.4 Å². The Morgan fingerprint density at radius 2 is 1.65 bits per heavy atom. The van der Waals surface area contributed by atoms with Gasteiger partial charge in [-0.05, 0) is 43.5 Å². The van der Waals surface area contributed by atoms with Gasteiger partial charge in [-0.25, -0.2) is 0 Å². The normalized spacial score (nSPS) is 10.3. The Balaban J connectivity index is 0. The summed E-state index contributed by atoms with van der Waals surface area (Å²) in [6, 6.07) is 7.74. The minimum atomic E-state index is -0.297. The number of nitrogens with two attached hydrogens (primary N) is 1. The van der Waals surface area contributed by atoms with Crippen LogP contribution in [0.4, 0.5) is 5.69 Å². The van der Waals surface area contributed by atoms with Crippen LogP contribution in [0.1, 0.15) is 50.4 Å². The predicted octanol–water partition coefficient (Wildman–Crippen LogP) is 3.62. The minimum absolute atomic E-state index is 0. The Morgan fingerprint density at radius 1 is 1.13 bits per heavy atom. The standard InChI is InChI=1S/C17H29N3O.2ClH/c1-5-12-20(4)15-10-8-14(9-11-15)16(21)19-17(6-2,7-3)13-18;;/h8-11H,5-7,12-13,18H2,1-4H3,(H,19,21);2*1H. The summed E-state index contributed by atoms with van der Waals surface area (Å²) in [5.74, 6) is -0.0474. The second-order valence-electron chi connectivity index (χ2n) is 5.61. The van der Waals surface area contributed by atoms with Gasteiger partial charge in [0.2, 0.25) is 0 Å². The van der Waals surface area contributed by atoms with E-state index in [4.69, 9.17) is 5.73 Å². The van der Waals surface area contributed by atoms with Crippen molar-refractivity contribution in [2.24, 2.45) is 5.73 Å². The van der Waals surface area contributed by atoms with Crippen molar-refractivity contribution < 1.29 is 4.79 Å². The molecule has 23 heavy (non-hydrogen) atoms. The molecule has 4 nitrogen and oxygen atoms in total. The first kappa shape index (κ1) is 24.3. The van der Waals surface area contributed by atoms with Crippen molar-refractivity contribution in [1.29, 1.82) is 0 Å². The third-order valence-corrected chi connectivity index (χ3v) is 4.25. The molecule has 3 N–H and O–H groups in total. The zero-order valence-electron chi connectivity index (χ0n) is 14.6. The van der Waals surface area contributed by atoms with Gasteiger partial charge in [0.25, 0.3) is 5.91 Å². The summed E-state index contributed by atoms with van der Waals surface area (Å²) in [6.07, 6.45) is 2.77. The van der Waals surface area contributed by atoms with Crippen molar-refractivity contribution in [2.45, 2.75) is 45.6 Å². The molecule has 0 radical (unpaired) electrons. The molecule has 0 aliphatic rings. The van der Waals surface area contributed by atoms with Crippen LogP contribution in [0.3, 0.4) is 0 Å². The molecule has 134 valence electrons. The molecule has 0 bridgehead atoms. The molecule has 0 aliphatic heterocycles. The molecule has 0 unspecified atom stereocenters. The fraction of sp³-hybridized carbons (Fsp3) is 0.588. The summed E-state index contributed by atoms with van der Waals surface area (Å²) in [5.41, 5.74) is 7.35. The maximum atomic E-state index is 12.4. The lowest BCUT2D eigenvalue weighted by molar-refractivity contribution is 0.0895. The van der Waals surface area contributed by atoms with E-state index in [0.717, 1.165) is 31.5 Å². The predicted molar refractivity (Wildman–Crippen MR) is 104 cm³/mol. The number of benzene rings is 1. The summed E-state index contributed by atoms with van der Waals surface area (Å²) in [6.45, 7) is 7.73. The minimum Gasteiger partial charge on any atom is -0.375 e. The fourth-order valence-corrected chi connectivity index (χ4v) is 2.41. The van der Waals surface area contributed by atoms with Crippen molar-refractivity contribution in [3.05, 3.63) is 29.8 Å². The van der Waals surface area contributed by atoms with Gasteiger partial charge in [-0.2, -0.15) is 0 Å². The lowest BCUT2D eigenvalue weighted by Crippen LogP contribution is -2.52. The van der Waals surface area contributed by atoms with E-state index in [9.17, 15) is 4.79 Å². The summed E-state index contributed by atoms with van der Waals surface area (Å²) < 4.78 is 0. The number of carbonyl (C=O) groups excluding carboxylic acids is 1. The van der Waals surface area contributed by atoms with Gasteiger partial charge < -0.3 is 16.0 Å². The Bertz CT molecular complexity index is 439. The van der Waals surface area contributed by atoms with Crippen LogP contribution in [0.25, 0.3) is 0 Å². The lowest BCUT2D eigenvalue weighted by atomic mass is 9.92. The van der Waals surface area contributed by atoms with E-state index in [1.807, 2.05) is 24.3 Å². The van der Waals surface area contributed by atoms with E-state index >= 15 is 0 Å². The number of nitrogens with zero attached hydrogens (tertiary/aromatic N) is 1. The molecule has 0 aromatic heterocycles. The van der Waals surface area contributed by atoms with Gasteiger partial charge in [0.05, 0.1) is 5.54 Å². The number of halogens is 2. The van der Waals surface area contributed by atoms with E-state index in [1.165, 1.54) is 0 Å². The van der Waals surface area contributed by atoms with Gasteiger partial charge in [-0.1, -0.05) is 20.8 Å². The lowest BCUT2D eigenvalue weighted by Gasteiger charge is -2.31. The van der Waals surface area contributed by atoms with Crippen LogP contribution in [0, 0.1) is 0 Å². The highest BCUT2D eigenvalue weighted by Crippen LogP contribution is 2.17.